The van der Waals surface area contributed by atoms with Crippen LogP contribution in [-0.4, -0.2) is 19.2 Å². The molecule has 2 nitrogen and oxygen atoms in total. The molecular weight excluding hydrogens is 234 g/mol. The fourth-order valence-electron chi connectivity index (χ4n) is 3.60. The Morgan fingerprint density at radius 3 is 2.95 bits per heavy atom. The third-order valence-electron chi connectivity index (χ3n) is 4.90. The normalized spacial score (nSPS) is 29.2. The molecule has 104 valence electrons. The van der Waals surface area contributed by atoms with E-state index in [0.29, 0.717) is 11.5 Å². The third kappa shape index (κ3) is 2.70. The number of hydrogen-bond acceptors (Lipinski definition) is 2. The van der Waals surface area contributed by atoms with E-state index < -0.39 is 0 Å². The van der Waals surface area contributed by atoms with Crippen LogP contribution in [0.5, 0.6) is 0 Å². The Kier molecular flexibility index (Phi) is 3.64. The van der Waals surface area contributed by atoms with Crippen molar-refractivity contribution < 1.29 is 4.74 Å². The Balaban J connectivity index is 1.65. The van der Waals surface area contributed by atoms with E-state index in [9.17, 15) is 0 Å². The summed E-state index contributed by atoms with van der Waals surface area (Å²) in [6.07, 6.45) is 5.30. The average Bonchev–Trinajstić information content (AvgIpc) is 2.75. The summed E-state index contributed by atoms with van der Waals surface area (Å²) in [5, 5.41) is 3.76. The topological polar surface area (TPSA) is 21.3 Å². The molecule has 2 atom stereocenters. The zero-order valence-corrected chi connectivity index (χ0v) is 12.1. The van der Waals surface area contributed by atoms with Gasteiger partial charge in [-0.1, -0.05) is 44.5 Å². The largest absolute Gasteiger partial charge is 0.372 e. The minimum atomic E-state index is 0.237. The molecule has 0 spiro atoms. The van der Waals surface area contributed by atoms with E-state index in [1.165, 1.54) is 30.4 Å². The molecule has 3 rings (SSSR count). The highest BCUT2D eigenvalue weighted by Crippen LogP contribution is 2.37. The van der Waals surface area contributed by atoms with Crippen LogP contribution in [-0.2, 0) is 11.2 Å². The van der Waals surface area contributed by atoms with Crippen molar-refractivity contribution in [2.45, 2.75) is 51.7 Å². The van der Waals surface area contributed by atoms with E-state index in [2.05, 4.69) is 43.4 Å². The summed E-state index contributed by atoms with van der Waals surface area (Å²) in [5.74, 6) is 0. The van der Waals surface area contributed by atoms with Gasteiger partial charge in [-0.05, 0) is 35.8 Å². The summed E-state index contributed by atoms with van der Waals surface area (Å²) in [6, 6.07) is 9.37. The summed E-state index contributed by atoms with van der Waals surface area (Å²) in [7, 11) is 0. The molecule has 1 fully saturated rings. The van der Waals surface area contributed by atoms with Gasteiger partial charge in [-0.15, -0.1) is 0 Å². The van der Waals surface area contributed by atoms with Gasteiger partial charge in [0.2, 0.25) is 0 Å². The smallest absolute Gasteiger partial charge is 0.0952 e. The van der Waals surface area contributed by atoms with Crippen LogP contribution in [0.1, 0.15) is 50.3 Å². The van der Waals surface area contributed by atoms with Gasteiger partial charge in [0.05, 0.1) is 12.7 Å². The summed E-state index contributed by atoms with van der Waals surface area (Å²) >= 11 is 0. The van der Waals surface area contributed by atoms with Crippen LogP contribution in [0.15, 0.2) is 24.3 Å². The zero-order valence-electron chi connectivity index (χ0n) is 12.1. The van der Waals surface area contributed by atoms with Crippen LogP contribution in [0.25, 0.3) is 0 Å². The molecular formula is C17H25NO. The molecule has 0 bridgehead atoms. The second-order valence-electron chi connectivity index (χ2n) is 6.65. The Bertz CT molecular complexity index is 441. The van der Waals surface area contributed by atoms with E-state index in [0.717, 1.165) is 19.6 Å². The molecule has 1 aliphatic carbocycles. The van der Waals surface area contributed by atoms with Gasteiger partial charge in [-0.25, -0.2) is 0 Å². The van der Waals surface area contributed by atoms with Crippen LogP contribution >= 0.6 is 0 Å². The maximum atomic E-state index is 5.97. The SMILES string of the molecule is CC1(C)CCCC1NCC1OCCc2ccccc21. The molecule has 1 aromatic rings. The average molecular weight is 259 g/mol. The van der Waals surface area contributed by atoms with Gasteiger partial charge in [0, 0.05) is 12.6 Å². The Hall–Kier alpha value is -0.860. The summed E-state index contributed by atoms with van der Waals surface area (Å²) in [5.41, 5.74) is 3.29. The minimum Gasteiger partial charge on any atom is -0.372 e. The molecule has 2 unspecified atom stereocenters. The molecule has 2 aliphatic rings. The maximum absolute atomic E-state index is 5.97. The van der Waals surface area contributed by atoms with Crippen LogP contribution in [0.3, 0.4) is 0 Å². The molecule has 2 heteroatoms. The number of ether oxygens (including phenoxy) is 1. The van der Waals surface area contributed by atoms with Crippen molar-refractivity contribution >= 4 is 0 Å². The molecule has 1 aromatic carbocycles. The van der Waals surface area contributed by atoms with E-state index in [1.54, 1.807) is 0 Å². The first-order valence-electron chi connectivity index (χ1n) is 7.59. The lowest BCUT2D eigenvalue weighted by Crippen LogP contribution is -2.40. The first kappa shape index (κ1) is 13.1. The summed E-state index contributed by atoms with van der Waals surface area (Å²) < 4.78 is 5.97. The second-order valence-corrected chi connectivity index (χ2v) is 6.65. The Morgan fingerprint density at radius 2 is 2.16 bits per heavy atom. The van der Waals surface area contributed by atoms with Crippen molar-refractivity contribution in [3.8, 4) is 0 Å². The standard InChI is InChI=1S/C17H25NO/c1-17(2)10-5-8-16(17)18-12-15-14-7-4-3-6-13(14)9-11-19-15/h3-4,6-7,15-16,18H,5,8-12H2,1-2H3. The lowest BCUT2D eigenvalue weighted by molar-refractivity contribution is 0.0381. The first-order chi connectivity index (χ1) is 9.17. The molecule has 0 radical (unpaired) electrons. The second kappa shape index (κ2) is 5.26. The highest BCUT2D eigenvalue weighted by Gasteiger charge is 2.34. The van der Waals surface area contributed by atoms with Crippen LogP contribution in [0.2, 0.25) is 0 Å². The molecule has 0 amide bonds. The quantitative estimate of drug-likeness (QED) is 0.897. The highest BCUT2D eigenvalue weighted by molar-refractivity contribution is 5.31. The van der Waals surface area contributed by atoms with E-state index in [-0.39, 0.29) is 6.10 Å². The van der Waals surface area contributed by atoms with Crippen LogP contribution in [0.4, 0.5) is 0 Å². The van der Waals surface area contributed by atoms with Gasteiger partial charge in [0.25, 0.3) is 0 Å². The number of nitrogens with one attached hydrogen (secondary N) is 1. The van der Waals surface area contributed by atoms with Crippen LogP contribution in [0, 0.1) is 5.41 Å². The van der Waals surface area contributed by atoms with E-state index in [1.807, 2.05) is 0 Å². The van der Waals surface area contributed by atoms with Gasteiger partial charge in [0.1, 0.15) is 0 Å². The minimum absolute atomic E-state index is 0.237. The van der Waals surface area contributed by atoms with Crippen LogP contribution < -0.4 is 5.32 Å². The van der Waals surface area contributed by atoms with Crippen molar-refractivity contribution in [3.05, 3.63) is 35.4 Å². The first-order valence-corrected chi connectivity index (χ1v) is 7.59. The highest BCUT2D eigenvalue weighted by atomic mass is 16.5. The van der Waals surface area contributed by atoms with E-state index in [4.69, 9.17) is 4.74 Å². The molecule has 1 aliphatic heterocycles. The van der Waals surface area contributed by atoms with Crippen molar-refractivity contribution in [2.75, 3.05) is 13.2 Å². The number of fused-ring (bicyclic) bond motifs is 1. The van der Waals surface area contributed by atoms with Gasteiger partial charge in [-0.3, -0.25) is 0 Å². The number of benzene rings is 1. The summed E-state index contributed by atoms with van der Waals surface area (Å²) in [6.45, 7) is 6.57. The molecule has 0 aromatic heterocycles. The Labute approximate surface area is 116 Å². The van der Waals surface area contributed by atoms with Crippen molar-refractivity contribution in [1.82, 2.24) is 5.32 Å². The molecule has 1 saturated carbocycles. The summed E-state index contributed by atoms with van der Waals surface area (Å²) in [4.78, 5) is 0. The van der Waals surface area contributed by atoms with E-state index >= 15 is 0 Å². The van der Waals surface area contributed by atoms with Gasteiger partial charge in [-0.2, -0.15) is 0 Å². The lowest BCUT2D eigenvalue weighted by Gasteiger charge is -2.32. The number of hydrogen-bond donors (Lipinski definition) is 1. The molecule has 1 heterocycles. The van der Waals surface area contributed by atoms with Gasteiger partial charge in [0.15, 0.2) is 0 Å². The predicted molar refractivity (Wildman–Crippen MR) is 78.3 cm³/mol. The monoisotopic (exact) mass is 259 g/mol. The number of rotatable bonds is 3. The fraction of sp³-hybridized carbons (Fsp3) is 0.647. The lowest BCUT2D eigenvalue weighted by atomic mass is 9.87. The Morgan fingerprint density at radius 1 is 1.32 bits per heavy atom. The van der Waals surface area contributed by atoms with Crippen molar-refractivity contribution in [2.24, 2.45) is 5.41 Å². The maximum Gasteiger partial charge on any atom is 0.0952 e. The molecule has 19 heavy (non-hydrogen) atoms. The zero-order chi connectivity index (χ0) is 13.3. The third-order valence-corrected chi connectivity index (χ3v) is 4.90. The predicted octanol–water partition coefficient (Wildman–Crippen LogP) is 3.47. The fourth-order valence-corrected chi connectivity index (χ4v) is 3.60. The molecule has 1 N–H and O–H groups in total. The van der Waals surface area contributed by atoms with Crippen molar-refractivity contribution in [3.63, 3.8) is 0 Å². The van der Waals surface area contributed by atoms with Gasteiger partial charge >= 0.3 is 0 Å². The van der Waals surface area contributed by atoms with Crippen molar-refractivity contribution in [1.29, 1.82) is 0 Å². The molecule has 0 saturated heterocycles. The van der Waals surface area contributed by atoms with Gasteiger partial charge < -0.3 is 10.1 Å².